The van der Waals surface area contributed by atoms with Gasteiger partial charge in [0.05, 0.1) is 5.37 Å². The van der Waals surface area contributed by atoms with Crippen LogP contribution in [0.4, 0.5) is 4.79 Å². The predicted octanol–water partition coefficient (Wildman–Crippen LogP) is 1.83. The van der Waals surface area contributed by atoms with Gasteiger partial charge in [-0.1, -0.05) is 0 Å². The molecule has 0 radical (unpaired) electrons. The van der Waals surface area contributed by atoms with Crippen LogP contribution in [0.2, 0.25) is 0 Å². The second-order valence-corrected chi connectivity index (χ2v) is 8.20. The van der Waals surface area contributed by atoms with Gasteiger partial charge < -0.3 is 10.4 Å². The van der Waals surface area contributed by atoms with Gasteiger partial charge in [-0.25, -0.2) is 9.59 Å². The molecule has 3 rings (SSSR count). The highest BCUT2D eigenvalue weighted by Gasteiger charge is 2.48. The number of aliphatic carboxylic acids is 1. The Balaban J connectivity index is 1.60. The Bertz CT molecular complexity index is 397. The van der Waals surface area contributed by atoms with Crippen molar-refractivity contribution < 1.29 is 14.7 Å². The molecular weight excluding hydrogens is 296 g/mol. The summed E-state index contributed by atoms with van der Waals surface area (Å²) in [6.45, 7) is 0.661. The summed E-state index contributed by atoms with van der Waals surface area (Å²) in [7, 11) is 0. The molecule has 0 bridgehead atoms. The number of carboxylic acid groups (broad SMARTS) is 1. The largest absolute Gasteiger partial charge is 0.480 e. The third kappa shape index (κ3) is 3.03. The Hall–Kier alpha value is -0.560. The first kappa shape index (κ1) is 14.4. The number of rotatable bonds is 4. The molecule has 3 unspecified atom stereocenters. The van der Waals surface area contributed by atoms with Crippen molar-refractivity contribution in [2.45, 2.75) is 42.3 Å². The van der Waals surface area contributed by atoms with Gasteiger partial charge in [0.2, 0.25) is 0 Å². The van der Waals surface area contributed by atoms with Crippen LogP contribution in [0.25, 0.3) is 0 Å². The predicted molar refractivity (Wildman–Crippen MR) is 81.1 cm³/mol. The van der Waals surface area contributed by atoms with Crippen molar-refractivity contribution in [2.75, 3.05) is 18.1 Å². The Morgan fingerprint density at radius 2 is 2.05 bits per heavy atom. The van der Waals surface area contributed by atoms with Crippen LogP contribution in [0.5, 0.6) is 0 Å². The molecule has 0 spiro atoms. The molecule has 0 aromatic carbocycles. The van der Waals surface area contributed by atoms with Gasteiger partial charge in [-0.05, 0) is 37.4 Å². The lowest BCUT2D eigenvalue weighted by molar-refractivity contribution is -0.141. The highest BCUT2D eigenvalue weighted by molar-refractivity contribution is 8.00. The van der Waals surface area contributed by atoms with E-state index in [9.17, 15) is 14.7 Å². The summed E-state index contributed by atoms with van der Waals surface area (Å²) in [6, 6.07) is -0.853. The first-order valence-corrected chi connectivity index (χ1v) is 9.28. The van der Waals surface area contributed by atoms with Crippen LogP contribution in [0.1, 0.15) is 25.7 Å². The third-order valence-electron chi connectivity index (χ3n) is 4.08. The van der Waals surface area contributed by atoms with E-state index in [0.29, 0.717) is 23.5 Å². The molecule has 5 nitrogen and oxygen atoms in total. The topological polar surface area (TPSA) is 69.6 Å². The Labute approximate surface area is 127 Å². The van der Waals surface area contributed by atoms with Crippen molar-refractivity contribution >= 4 is 35.5 Å². The maximum absolute atomic E-state index is 12.4. The van der Waals surface area contributed by atoms with E-state index in [0.717, 1.165) is 19.3 Å². The minimum absolute atomic E-state index is 0.0623. The number of carbonyl (C=O) groups is 2. The van der Waals surface area contributed by atoms with Crippen LogP contribution in [0, 0.1) is 5.92 Å². The first-order valence-electron chi connectivity index (χ1n) is 7.19. The molecule has 3 atom stereocenters. The summed E-state index contributed by atoms with van der Waals surface area (Å²) in [5, 5.41) is 12.8. The highest BCUT2D eigenvalue weighted by atomic mass is 32.2. The quantitative estimate of drug-likeness (QED) is 0.828. The van der Waals surface area contributed by atoms with Gasteiger partial charge in [0.1, 0.15) is 6.04 Å². The molecule has 2 saturated heterocycles. The maximum atomic E-state index is 12.4. The smallest absolute Gasteiger partial charge is 0.327 e. The molecule has 2 heterocycles. The van der Waals surface area contributed by atoms with Gasteiger partial charge in [-0.3, -0.25) is 4.90 Å². The Morgan fingerprint density at radius 1 is 1.25 bits per heavy atom. The lowest BCUT2D eigenvalue weighted by Gasteiger charge is -2.28. The fourth-order valence-corrected chi connectivity index (χ4v) is 5.65. The van der Waals surface area contributed by atoms with Crippen LogP contribution < -0.4 is 5.32 Å². The molecule has 2 amide bonds. The first-order chi connectivity index (χ1) is 9.66. The zero-order valence-electron chi connectivity index (χ0n) is 11.3. The Morgan fingerprint density at radius 3 is 2.65 bits per heavy atom. The molecule has 7 heteroatoms. The van der Waals surface area contributed by atoms with Crippen molar-refractivity contribution in [3.05, 3.63) is 0 Å². The SMILES string of the molecule is O=C(O)C1CSC(C2CC2)N1C(=O)NCC1CCCS1. The fourth-order valence-electron chi connectivity index (χ4n) is 2.82. The maximum Gasteiger partial charge on any atom is 0.327 e. The summed E-state index contributed by atoms with van der Waals surface area (Å²) in [5.74, 6) is 1.30. The van der Waals surface area contributed by atoms with Gasteiger partial charge in [0.15, 0.2) is 0 Å². The van der Waals surface area contributed by atoms with Crippen LogP contribution in [-0.2, 0) is 4.79 Å². The molecule has 1 aliphatic carbocycles. The summed E-state index contributed by atoms with van der Waals surface area (Å²) >= 11 is 3.52. The van der Waals surface area contributed by atoms with E-state index in [1.165, 1.54) is 12.2 Å². The number of carbonyl (C=O) groups excluding carboxylic acids is 1. The van der Waals surface area contributed by atoms with Gasteiger partial charge in [0.25, 0.3) is 0 Å². The average Bonchev–Trinajstić information content (AvgIpc) is 2.97. The van der Waals surface area contributed by atoms with Crippen molar-refractivity contribution in [2.24, 2.45) is 5.92 Å². The second-order valence-electron chi connectivity index (χ2n) is 5.64. The van der Waals surface area contributed by atoms with Crippen LogP contribution in [-0.4, -0.2) is 56.7 Å². The van der Waals surface area contributed by atoms with E-state index in [4.69, 9.17) is 0 Å². The standard InChI is InChI=1S/C13H20N2O3S2/c16-12(17)10-7-20-11(8-3-4-8)15(10)13(18)14-6-9-2-1-5-19-9/h8-11H,1-7H2,(H,14,18)(H,16,17). The Kier molecular flexibility index (Phi) is 4.35. The average molecular weight is 316 g/mol. The summed E-state index contributed by atoms with van der Waals surface area (Å²) < 4.78 is 0. The lowest BCUT2D eigenvalue weighted by atomic mass is 10.2. The van der Waals surface area contributed by atoms with Gasteiger partial charge in [-0.2, -0.15) is 11.8 Å². The summed E-state index contributed by atoms with van der Waals surface area (Å²) in [6.07, 6.45) is 4.60. The van der Waals surface area contributed by atoms with Crippen molar-refractivity contribution in [3.8, 4) is 0 Å². The normalized spacial score (nSPS) is 33.4. The second kappa shape index (κ2) is 6.05. The van der Waals surface area contributed by atoms with Crippen LogP contribution >= 0.6 is 23.5 Å². The summed E-state index contributed by atoms with van der Waals surface area (Å²) in [5.41, 5.74) is 0. The monoisotopic (exact) mass is 316 g/mol. The lowest BCUT2D eigenvalue weighted by Crippen LogP contribution is -2.51. The minimum atomic E-state index is -0.883. The molecule has 2 aliphatic heterocycles. The van der Waals surface area contributed by atoms with Crippen molar-refractivity contribution in [1.82, 2.24) is 10.2 Å². The van der Waals surface area contributed by atoms with E-state index < -0.39 is 12.0 Å². The molecule has 3 aliphatic rings. The number of carboxylic acids is 1. The number of hydrogen-bond donors (Lipinski definition) is 2. The van der Waals surface area contributed by atoms with E-state index in [1.807, 2.05) is 11.8 Å². The van der Waals surface area contributed by atoms with Gasteiger partial charge in [0, 0.05) is 17.5 Å². The van der Waals surface area contributed by atoms with E-state index >= 15 is 0 Å². The zero-order valence-corrected chi connectivity index (χ0v) is 12.9. The van der Waals surface area contributed by atoms with Crippen molar-refractivity contribution in [3.63, 3.8) is 0 Å². The van der Waals surface area contributed by atoms with E-state index in [-0.39, 0.29) is 11.4 Å². The molecule has 0 aromatic heterocycles. The number of amides is 2. The summed E-state index contributed by atoms with van der Waals surface area (Å²) in [4.78, 5) is 25.3. The van der Waals surface area contributed by atoms with Gasteiger partial charge >= 0.3 is 12.0 Å². The third-order valence-corrected chi connectivity index (χ3v) is 6.94. The molecule has 2 N–H and O–H groups in total. The van der Waals surface area contributed by atoms with E-state index in [1.54, 1.807) is 16.7 Å². The zero-order chi connectivity index (χ0) is 14.1. The van der Waals surface area contributed by atoms with Gasteiger partial charge in [-0.15, -0.1) is 11.8 Å². The molecule has 20 heavy (non-hydrogen) atoms. The number of nitrogens with zero attached hydrogens (tertiary/aromatic N) is 1. The minimum Gasteiger partial charge on any atom is -0.480 e. The molecular formula is C13H20N2O3S2. The number of nitrogens with one attached hydrogen (secondary N) is 1. The molecule has 0 aromatic rings. The van der Waals surface area contributed by atoms with Crippen LogP contribution in [0.15, 0.2) is 0 Å². The van der Waals surface area contributed by atoms with Crippen LogP contribution in [0.3, 0.4) is 0 Å². The molecule has 1 saturated carbocycles. The molecule has 3 fully saturated rings. The van der Waals surface area contributed by atoms with Crippen molar-refractivity contribution in [1.29, 1.82) is 0 Å². The highest BCUT2D eigenvalue weighted by Crippen LogP contribution is 2.45. The van der Waals surface area contributed by atoms with E-state index in [2.05, 4.69) is 5.32 Å². The number of hydrogen-bond acceptors (Lipinski definition) is 4. The molecule has 112 valence electrons. The number of thioether (sulfide) groups is 2. The number of urea groups is 1. The fraction of sp³-hybridized carbons (Fsp3) is 0.846.